The fourth-order valence-corrected chi connectivity index (χ4v) is 5.17. The Bertz CT molecular complexity index is 1500. The minimum Gasteiger partial charge on any atom is -0.456 e. The first-order chi connectivity index (χ1) is 16.7. The average molecular weight is 450 g/mol. The second-order valence-electron chi connectivity index (χ2n) is 8.71. The lowest BCUT2D eigenvalue weighted by molar-refractivity contribution is 0.604. The van der Waals surface area contributed by atoms with Gasteiger partial charge in [-0.15, -0.1) is 0 Å². The van der Waals surface area contributed by atoms with Gasteiger partial charge >= 0.3 is 0 Å². The van der Waals surface area contributed by atoms with E-state index in [4.69, 9.17) is 4.42 Å². The van der Waals surface area contributed by atoms with Crippen LogP contribution in [-0.4, -0.2) is 26.2 Å². The molecule has 0 saturated heterocycles. The summed E-state index contributed by atoms with van der Waals surface area (Å²) in [7, 11) is 0. The first kappa shape index (κ1) is 22.2. The zero-order valence-electron chi connectivity index (χ0n) is 20.6. The van der Waals surface area contributed by atoms with Crippen LogP contribution in [-0.2, 0) is 0 Å². The zero-order chi connectivity index (χ0) is 23.7. The fraction of sp³-hybridized carbons (Fsp3) is 0.258. The topological polar surface area (TPSA) is 19.4 Å². The molecule has 3 aromatic carbocycles. The molecular weight excluding hydrogens is 416 g/mol. The van der Waals surface area contributed by atoms with E-state index < -0.39 is 0 Å². The van der Waals surface area contributed by atoms with Crippen LogP contribution in [0.1, 0.15) is 27.7 Å². The van der Waals surface area contributed by atoms with E-state index in [-0.39, 0.29) is 0 Å². The van der Waals surface area contributed by atoms with E-state index in [1.807, 2.05) is 0 Å². The largest absolute Gasteiger partial charge is 0.456 e. The van der Waals surface area contributed by atoms with Crippen LogP contribution in [0.2, 0.25) is 0 Å². The van der Waals surface area contributed by atoms with Crippen LogP contribution in [0.5, 0.6) is 0 Å². The lowest BCUT2D eigenvalue weighted by Crippen LogP contribution is -2.29. The Balaban J connectivity index is 1.91. The van der Waals surface area contributed by atoms with Gasteiger partial charge in [0.2, 0.25) is 5.36 Å². The van der Waals surface area contributed by atoms with Gasteiger partial charge in [0.1, 0.15) is 24.4 Å². The van der Waals surface area contributed by atoms with Gasteiger partial charge in [0.15, 0.2) is 0 Å². The van der Waals surface area contributed by atoms with Gasteiger partial charge in [-0.1, -0.05) is 42.5 Å². The standard InChI is InChI=1S/C31H33N2O/c1-5-32(6-2)23-16-18-27-29(20-23)34-30-21-24(33(7-3)8-4)17-19-28(30)31(27)26-15-11-13-22-12-9-10-14-25(22)26/h9-21H,5-8H2,1-4H3/q+1. The number of hydrogen-bond acceptors (Lipinski definition) is 2. The van der Waals surface area contributed by atoms with E-state index in [1.165, 1.54) is 32.9 Å². The third-order valence-corrected chi connectivity index (χ3v) is 7.01. The third-order valence-electron chi connectivity index (χ3n) is 7.01. The summed E-state index contributed by atoms with van der Waals surface area (Å²) in [4.78, 5) is 2.36. The number of fused-ring (bicyclic) bond motifs is 3. The molecule has 34 heavy (non-hydrogen) atoms. The highest BCUT2D eigenvalue weighted by molar-refractivity contribution is 6.09. The molecule has 5 rings (SSSR count). The molecule has 1 aliphatic heterocycles. The summed E-state index contributed by atoms with van der Waals surface area (Å²) >= 11 is 0. The molecule has 0 aromatic heterocycles. The van der Waals surface area contributed by atoms with Gasteiger partial charge in [-0.3, -0.25) is 0 Å². The van der Waals surface area contributed by atoms with Crippen molar-refractivity contribution in [1.82, 2.24) is 4.58 Å². The van der Waals surface area contributed by atoms with Crippen molar-refractivity contribution >= 4 is 27.4 Å². The average Bonchev–Trinajstić information content (AvgIpc) is 2.88. The van der Waals surface area contributed by atoms with E-state index in [1.54, 1.807) is 0 Å². The Morgan fingerprint density at radius 1 is 0.706 bits per heavy atom. The molecule has 3 nitrogen and oxygen atoms in total. The van der Waals surface area contributed by atoms with Crippen molar-refractivity contribution in [3.8, 4) is 22.5 Å². The maximum absolute atomic E-state index is 6.63. The van der Waals surface area contributed by atoms with Gasteiger partial charge < -0.3 is 9.32 Å². The molecule has 172 valence electrons. The molecule has 0 fully saturated rings. The Kier molecular flexibility index (Phi) is 6.10. The number of rotatable bonds is 6. The van der Waals surface area contributed by atoms with Crippen LogP contribution in [0.3, 0.4) is 0 Å². The first-order valence-corrected chi connectivity index (χ1v) is 12.5. The highest BCUT2D eigenvalue weighted by Crippen LogP contribution is 2.43. The normalized spacial score (nSPS) is 11.4. The highest BCUT2D eigenvalue weighted by Gasteiger charge is 2.20. The fourth-order valence-electron chi connectivity index (χ4n) is 5.17. The Morgan fingerprint density at radius 3 is 2.24 bits per heavy atom. The van der Waals surface area contributed by atoms with Crippen molar-refractivity contribution in [2.24, 2.45) is 0 Å². The number of hydrogen-bond donors (Lipinski definition) is 0. The predicted octanol–water partition coefficient (Wildman–Crippen LogP) is 7.02. The predicted molar refractivity (Wildman–Crippen MR) is 146 cm³/mol. The molecule has 0 atom stereocenters. The molecular formula is C31H33N2O+. The Hall–Kier alpha value is -3.59. The van der Waals surface area contributed by atoms with Crippen LogP contribution in [0.15, 0.2) is 83.3 Å². The molecule has 1 heterocycles. The second-order valence-corrected chi connectivity index (χ2v) is 8.71. The van der Waals surface area contributed by atoms with Crippen molar-refractivity contribution in [2.45, 2.75) is 27.7 Å². The van der Waals surface area contributed by atoms with Crippen molar-refractivity contribution in [3.63, 3.8) is 0 Å². The molecule has 0 unspecified atom stereocenters. The van der Waals surface area contributed by atoms with Crippen molar-refractivity contribution in [1.29, 1.82) is 0 Å². The van der Waals surface area contributed by atoms with Crippen LogP contribution >= 0.6 is 0 Å². The molecule has 2 aliphatic rings. The summed E-state index contributed by atoms with van der Waals surface area (Å²) in [5, 5.41) is 4.86. The molecule has 3 aromatic rings. The van der Waals surface area contributed by atoms with Crippen LogP contribution in [0, 0.1) is 0 Å². The van der Waals surface area contributed by atoms with Crippen LogP contribution in [0.25, 0.3) is 44.2 Å². The molecule has 3 heteroatoms. The van der Waals surface area contributed by atoms with E-state index >= 15 is 0 Å². The summed E-state index contributed by atoms with van der Waals surface area (Å²) in [5.74, 6) is 0.927. The summed E-state index contributed by atoms with van der Waals surface area (Å²) in [6, 6.07) is 28.6. The minimum atomic E-state index is 0.927. The van der Waals surface area contributed by atoms with E-state index in [0.717, 1.165) is 48.5 Å². The smallest absolute Gasteiger partial charge is 0.203 e. The van der Waals surface area contributed by atoms with E-state index in [9.17, 15) is 0 Å². The van der Waals surface area contributed by atoms with Crippen molar-refractivity contribution < 1.29 is 4.42 Å². The van der Waals surface area contributed by atoms with Crippen molar-refractivity contribution in [3.05, 3.63) is 84.2 Å². The van der Waals surface area contributed by atoms with Crippen LogP contribution < -0.4 is 14.8 Å². The lowest BCUT2D eigenvalue weighted by atomic mass is 9.90. The monoisotopic (exact) mass is 449 g/mol. The van der Waals surface area contributed by atoms with E-state index in [0.29, 0.717) is 0 Å². The first-order valence-electron chi connectivity index (χ1n) is 12.5. The summed E-state index contributed by atoms with van der Waals surface area (Å²) in [6.45, 7) is 12.7. The molecule has 1 aliphatic carbocycles. The van der Waals surface area contributed by atoms with Gasteiger partial charge in [0.05, 0.1) is 6.07 Å². The summed E-state index contributed by atoms with van der Waals surface area (Å²) in [6.07, 6.45) is 0. The van der Waals surface area contributed by atoms with Crippen LogP contribution in [0.4, 0.5) is 5.69 Å². The summed E-state index contributed by atoms with van der Waals surface area (Å²) < 4.78 is 8.99. The number of nitrogens with zero attached hydrogens (tertiary/aromatic N) is 2. The number of benzene rings is 4. The molecule has 0 N–H and O–H groups in total. The third kappa shape index (κ3) is 3.75. The SMILES string of the molecule is CCN(CC)c1ccc2c(-c3cccc4ccccc34)c3ccc(=[N+](CC)CC)cc-3oc2c1. The number of anilines is 1. The Morgan fingerprint density at radius 2 is 1.47 bits per heavy atom. The summed E-state index contributed by atoms with van der Waals surface area (Å²) in [5.41, 5.74) is 5.76. The van der Waals surface area contributed by atoms with E-state index in [2.05, 4.69) is 116 Å². The van der Waals surface area contributed by atoms with Gasteiger partial charge in [-0.2, -0.15) is 0 Å². The maximum atomic E-state index is 6.63. The zero-order valence-corrected chi connectivity index (χ0v) is 20.6. The van der Waals surface area contributed by atoms with Gasteiger partial charge in [-0.05, 0) is 62.2 Å². The highest BCUT2D eigenvalue weighted by atomic mass is 16.3. The molecule has 0 bridgehead atoms. The molecule has 0 radical (unpaired) electrons. The maximum Gasteiger partial charge on any atom is 0.203 e. The lowest BCUT2D eigenvalue weighted by Gasteiger charge is -2.22. The Labute approximate surface area is 201 Å². The minimum absolute atomic E-state index is 0.927. The van der Waals surface area contributed by atoms with Gasteiger partial charge in [0.25, 0.3) is 0 Å². The second kappa shape index (κ2) is 9.34. The molecule has 0 amide bonds. The van der Waals surface area contributed by atoms with Gasteiger partial charge in [0, 0.05) is 47.4 Å². The molecule has 0 saturated carbocycles. The van der Waals surface area contributed by atoms with Crippen molar-refractivity contribution in [2.75, 3.05) is 31.1 Å². The quantitative estimate of drug-likeness (QED) is 0.205. The van der Waals surface area contributed by atoms with Gasteiger partial charge in [-0.25, -0.2) is 4.58 Å². The molecule has 0 spiro atoms.